The van der Waals surface area contributed by atoms with Crippen molar-refractivity contribution in [2.24, 2.45) is 0 Å². The van der Waals surface area contributed by atoms with E-state index >= 15 is 0 Å². The summed E-state index contributed by atoms with van der Waals surface area (Å²) in [6.07, 6.45) is 0. The van der Waals surface area contributed by atoms with Crippen LogP contribution in [0.1, 0.15) is 5.56 Å². The summed E-state index contributed by atoms with van der Waals surface area (Å²) in [5, 5.41) is 24.5. The fourth-order valence-electron chi connectivity index (χ4n) is 2.50. The second-order valence-electron chi connectivity index (χ2n) is 6.20. The minimum atomic E-state index is -3.83. The normalized spacial score (nSPS) is 10.5. The van der Waals surface area contributed by atoms with Crippen LogP contribution in [0.25, 0.3) is 0 Å². The second kappa shape index (κ2) is 8.93. The topological polar surface area (TPSA) is 154 Å². The smallest absolute Gasteiger partial charge is 0.308 e. The number of hydrogen-bond donors (Lipinski definition) is 3. The minimum Gasteiger partial charge on any atom is -0.308 e. The van der Waals surface area contributed by atoms with Crippen LogP contribution in [0.15, 0.2) is 77.7 Å². The highest BCUT2D eigenvalue weighted by atomic mass is 32.2. The van der Waals surface area contributed by atoms with Gasteiger partial charge < -0.3 is 10.6 Å². The number of non-ortho nitro benzene ring substituents is 1. The molecule has 3 N–H and O–H groups in total. The minimum absolute atomic E-state index is 0.0103. The van der Waals surface area contributed by atoms with Gasteiger partial charge in [-0.25, -0.2) is 13.2 Å². The molecule has 0 aliphatic carbocycles. The number of nitrogens with one attached hydrogen (secondary N) is 3. The van der Waals surface area contributed by atoms with E-state index in [9.17, 15) is 23.3 Å². The fraction of sp³-hybridized carbons (Fsp3) is 0. The summed E-state index contributed by atoms with van der Waals surface area (Å²) in [7, 11) is -3.83. The van der Waals surface area contributed by atoms with Crippen molar-refractivity contribution in [3.63, 3.8) is 0 Å². The van der Waals surface area contributed by atoms with Gasteiger partial charge in [0.2, 0.25) is 0 Å². The van der Waals surface area contributed by atoms with E-state index in [0.717, 1.165) is 0 Å². The molecule has 0 spiro atoms. The van der Waals surface area contributed by atoms with Gasteiger partial charge in [-0.3, -0.25) is 14.8 Å². The standard InChI is InChI=1S/C20H15N5O5S/c21-13-14-1-11-19(12-2-14)31(29,30)24-17-5-3-15(4-6-17)22-20(26)23-16-7-9-18(10-8-16)25(27)28/h1-12,24H,(H2,22,23,26). The monoisotopic (exact) mass is 437 g/mol. The molecule has 0 fully saturated rings. The first-order valence-corrected chi connectivity index (χ1v) is 10.2. The Hall–Kier alpha value is -4.43. The van der Waals surface area contributed by atoms with Gasteiger partial charge in [-0.15, -0.1) is 0 Å². The van der Waals surface area contributed by atoms with Gasteiger partial charge in [-0.1, -0.05) is 0 Å². The summed E-state index contributed by atoms with van der Waals surface area (Å²) in [6.45, 7) is 0. The zero-order valence-corrected chi connectivity index (χ0v) is 16.6. The van der Waals surface area contributed by atoms with Gasteiger partial charge in [0, 0.05) is 29.2 Å². The molecule has 10 nitrogen and oxygen atoms in total. The van der Waals surface area contributed by atoms with Gasteiger partial charge in [0.1, 0.15) is 0 Å². The number of urea groups is 1. The lowest BCUT2D eigenvalue weighted by Gasteiger charge is -2.10. The molecule has 0 saturated heterocycles. The third kappa shape index (κ3) is 5.55. The van der Waals surface area contributed by atoms with Gasteiger partial charge in [0.15, 0.2) is 0 Å². The Labute approximate surface area is 177 Å². The molecule has 0 aromatic heterocycles. The Balaban J connectivity index is 1.61. The molecular weight excluding hydrogens is 422 g/mol. The second-order valence-corrected chi connectivity index (χ2v) is 7.88. The number of nitro benzene ring substituents is 1. The van der Waals surface area contributed by atoms with Crippen LogP contribution in [0, 0.1) is 21.4 Å². The number of hydrogen-bond acceptors (Lipinski definition) is 6. The average molecular weight is 437 g/mol. The van der Waals surface area contributed by atoms with E-state index in [4.69, 9.17) is 5.26 Å². The first-order chi connectivity index (χ1) is 14.8. The Morgan fingerprint density at radius 2 is 1.32 bits per heavy atom. The first-order valence-electron chi connectivity index (χ1n) is 8.72. The predicted molar refractivity (Wildman–Crippen MR) is 114 cm³/mol. The lowest BCUT2D eigenvalue weighted by Crippen LogP contribution is -2.19. The highest BCUT2D eigenvalue weighted by molar-refractivity contribution is 7.92. The van der Waals surface area contributed by atoms with Crippen LogP contribution in [0.2, 0.25) is 0 Å². The Morgan fingerprint density at radius 3 is 1.81 bits per heavy atom. The lowest BCUT2D eigenvalue weighted by atomic mass is 10.2. The molecule has 31 heavy (non-hydrogen) atoms. The summed E-state index contributed by atoms with van der Waals surface area (Å²) in [4.78, 5) is 22.2. The molecule has 0 atom stereocenters. The molecule has 0 saturated carbocycles. The molecule has 0 radical (unpaired) electrons. The Kier molecular flexibility index (Phi) is 6.13. The number of nitriles is 1. The van der Waals surface area contributed by atoms with Crippen LogP contribution in [0.3, 0.4) is 0 Å². The number of nitrogens with zero attached hydrogens (tertiary/aromatic N) is 2. The molecule has 156 valence electrons. The number of amides is 2. The van der Waals surface area contributed by atoms with Crippen molar-refractivity contribution >= 4 is 38.8 Å². The number of carbonyl (C=O) groups is 1. The van der Waals surface area contributed by atoms with Gasteiger partial charge in [0.05, 0.1) is 21.5 Å². The summed E-state index contributed by atoms with van der Waals surface area (Å²) in [6, 6.07) is 18.1. The van der Waals surface area contributed by atoms with Crippen LogP contribution in [0.4, 0.5) is 27.5 Å². The van der Waals surface area contributed by atoms with Crippen LogP contribution in [-0.4, -0.2) is 19.4 Å². The number of carbonyl (C=O) groups excluding carboxylic acids is 1. The highest BCUT2D eigenvalue weighted by Gasteiger charge is 2.14. The number of benzene rings is 3. The van der Waals surface area contributed by atoms with E-state index in [2.05, 4.69) is 15.4 Å². The van der Waals surface area contributed by atoms with Gasteiger partial charge >= 0.3 is 6.03 Å². The largest absolute Gasteiger partial charge is 0.323 e. The van der Waals surface area contributed by atoms with Gasteiger partial charge in [0.25, 0.3) is 15.7 Å². The van der Waals surface area contributed by atoms with Crippen molar-refractivity contribution in [2.45, 2.75) is 4.90 Å². The van der Waals surface area contributed by atoms with Crippen molar-refractivity contribution in [3.8, 4) is 6.07 Å². The van der Waals surface area contributed by atoms with E-state index in [-0.39, 0.29) is 16.3 Å². The highest BCUT2D eigenvalue weighted by Crippen LogP contribution is 2.20. The zero-order chi connectivity index (χ0) is 22.4. The maximum absolute atomic E-state index is 12.4. The molecule has 11 heteroatoms. The summed E-state index contributed by atoms with van der Waals surface area (Å²) in [5.41, 5.74) is 1.31. The average Bonchev–Trinajstić information content (AvgIpc) is 2.75. The predicted octanol–water partition coefficient (Wildman–Crippen LogP) is 3.91. The van der Waals surface area contributed by atoms with E-state index < -0.39 is 21.0 Å². The molecule has 3 rings (SSSR count). The first kappa shape index (κ1) is 21.3. The van der Waals surface area contributed by atoms with Crippen LogP contribution < -0.4 is 15.4 Å². The maximum atomic E-state index is 12.4. The van der Waals surface area contributed by atoms with Crippen molar-refractivity contribution in [1.29, 1.82) is 5.26 Å². The molecule has 2 amide bonds. The van der Waals surface area contributed by atoms with E-state index in [1.807, 2.05) is 6.07 Å². The van der Waals surface area contributed by atoms with Gasteiger partial charge in [-0.05, 0) is 60.7 Å². The third-order valence-electron chi connectivity index (χ3n) is 4.02. The zero-order valence-electron chi connectivity index (χ0n) is 15.8. The molecular formula is C20H15N5O5S. The number of sulfonamides is 1. The molecule has 0 aliphatic rings. The number of nitro groups is 1. The summed E-state index contributed by atoms with van der Waals surface area (Å²) in [5.74, 6) is 0. The molecule has 0 heterocycles. The summed E-state index contributed by atoms with van der Waals surface area (Å²) < 4.78 is 27.2. The number of rotatable bonds is 6. The Morgan fingerprint density at radius 1 is 0.839 bits per heavy atom. The van der Waals surface area contributed by atoms with E-state index in [0.29, 0.717) is 16.9 Å². The van der Waals surface area contributed by atoms with Crippen LogP contribution >= 0.6 is 0 Å². The van der Waals surface area contributed by atoms with Crippen molar-refractivity contribution < 1.29 is 18.1 Å². The quantitative estimate of drug-likeness (QED) is 0.392. The van der Waals surface area contributed by atoms with Crippen molar-refractivity contribution in [1.82, 2.24) is 0 Å². The molecule has 0 unspecified atom stereocenters. The fourth-order valence-corrected chi connectivity index (χ4v) is 3.56. The molecule has 0 aliphatic heterocycles. The van der Waals surface area contributed by atoms with Crippen LogP contribution in [0.5, 0.6) is 0 Å². The van der Waals surface area contributed by atoms with Crippen LogP contribution in [-0.2, 0) is 10.0 Å². The van der Waals surface area contributed by atoms with E-state index in [1.165, 1.54) is 72.8 Å². The van der Waals surface area contributed by atoms with Crippen molar-refractivity contribution in [2.75, 3.05) is 15.4 Å². The van der Waals surface area contributed by atoms with Gasteiger partial charge in [-0.2, -0.15) is 5.26 Å². The summed E-state index contributed by atoms with van der Waals surface area (Å²) >= 11 is 0. The van der Waals surface area contributed by atoms with E-state index in [1.54, 1.807) is 0 Å². The van der Waals surface area contributed by atoms with Crippen molar-refractivity contribution in [3.05, 3.63) is 88.5 Å². The molecule has 0 bridgehead atoms. The molecule has 3 aromatic carbocycles. The maximum Gasteiger partial charge on any atom is 0.323 e. The SMILES string of the molecule is N#Cc1ccc(S(=O)(=O)Nc2ccc(NC(=O)Nc3ccc([N+](=O)[O-])cc3)cc2)cc1. The Bertz CT molecular complexity index is 1250. The lowest BCUT2D eigenvalue weighted by molar-refractivity contribution is -0.384. The molecule has 3 aromatic rings. The third-order valence-corrected chi connectivity index (χ3v) is 5.42. The number of anilines is 3.